The number of benzene rings is 2. The van der Waals surface area contributed by atoms with Gasteiger partial charge in [0.2, 0.25) is 0 Å². The molecule has 0 fully saturated rings. The number of carbonyl (C=O) groups is 2. The number of aromatic nitrogens is 4. The van der Waals surface area contributed by atoms with Crippen LogP contribution < -0.4 is 5.32 Å². The van der Waals surface area contributed by atoms with E-state index in [1.165, 1.54) is 4.68 Å². The molecule has 1 heterocycles. The number of nitrogens with one attached hydrogen (secondary N) is 1. The molecule has 1 N–H and O–H groups in total. The lowest BCUT2D eigenvalue weighted by atomic mass is 10.0. The molecular weight excluding hydrogens is 394 g/mol. The summed E-state index contributed by atoms with van der Waals surface area (Å²) in [6, 6.07) is 15.2. The van der Waals surface area contributed by atoms with Crippen molar-refractivity contribution in [3.63, 3.8) is 0 Å². The van der Waals surface area contributed by atoms with Crippen LogP contribution in [0.3, 0.4) is 0 Å². The Morgan fingerprint density at radius 1 is 1.03 bits per heavy atom. The zero-order chi connectivity index (χ0) is 22.2. The van der Waals surface area contributed by atoms with E-state index in [0.717, 1.165) is 35.2 Å². The van der Waals surface area contributed by atoms with Crippen LogP contribution in [-0.2, 0) is 27.2 Å². The number of hydrogen-bond donors (Lipinski definition) is 1. The van der Waals surface area contributed by atoms with Crippen molar-refractivity contribution in [1.82, 2.24) is 20.2 Å². The lowest BCUT2D eigenvalue weighted by Crippen LogP contribution is -2.24. The summed E-state index contributed by atoms with van der Waals surface area (Å²) in [7, 11) is 0. The highest BCUT2D eigenvalue weighted by atomic mass is 16.5. The molecule has 0 aliphatic carbocycles. The number of amides is 1. The lowest BCUT2D eigenvalue weighted by Gasteiger charge is -2.15. The van der Waals surface area contributed by atoms with Crippen LogP contribution in [-0.4, -0.2) is 38.7 Å². The molecule has 1 aromatic heterocycles. The maximum Gasteiger partial charge on any atom is 0.357 e. The summed E-state index contributed by atoms with van der Waals surface area (Å²) in [6.45, 7) is 5.30. The van der Waals surface area contributed by atoms with Crippen LogP contribution in [0.4, 0.5) is 5.69 Å². The van der Waals surface area contributed by atoms with Gasteiger partial charge in [-0.1, -0.05) is 62.4 Å². The van der Waals surface area contributed by atoms with Crippen LogP contribution in [0.5, 0.6) is 0 Å². The molecule has 0 unspecified atom stereocenters. The number of hydrogen-bond acceptors (Lipinski definition) is 6. The van der Waals surface area contributed by atoms with Crippen molar-refractivity contribution >= 4 is 29.3 Å². The minimum atomic E-state index is -0.700. The summed E-state index contributed by atoms with van der Waals surface area (Å²) >= 11 is 0. The van der Waals surface area contributed by atoms with Gasteiger partial charge in [0.05, 0.1) is 0 Å². The van der Waals surface area contributed by atoms with Gasteiger partial charge in [0.15, 0.2) is 18.1 Å². The Bertz CT molecular complexity index is 1070. The molecule has 1 amide bonds. The van der Waals surface area contributed by atoms with Crippen LogP contribution in [0.25, 0.3) is 11.8 Å². The summed E-state index contributed by atoms with van der Waals surface area (Å²) in [5.41, 5.74) is 3.74. The zero-order valence-corrected chi connectivity index (χ0v) is 17.8. The number of anilines is 1. The topological polar surface area (TPSA) is 99.0 Å². The van der Waals surface area contributed by atoms with Crippen molar-refractivity contribution in [1.29, 1.82) is 0 Å². The minimum absolute atomic E-state index is 0.115. The highest BCUT2D eigenvalue weighted by Crippen LogP contribution is 2.22. The zero-order valence-electron chi connectivity index (χ0n) is 17.8. The van der Waals surface area contributed by atoms with Crippen LogP contribution in [0.1, 0.15) is 36.4 Å². The van der Waals surface area contributed by atoms with Gasteiger partial charge in [0.25, 0.3) is 5.91 Å². The van der Waals surface area contributed by atoms with Crippen molar-refractivity contribution in [3.8, 4) is 0 Å². The number of aryl methyl sites for hydroxylation is 3. The summed E-state index contributed by atoms with van der Waals surface area (Å²) in [6.07, 6.45) is 3.18. The second-order valence-electron chi connectivity index (χ2n) is 6.86. The van der Waals surface area contributed by atoms with Gasteiger partial charge in [0, 0.05) is 5.69 Å². The van der Waals surface area contributed by atoms with Crippen LogP contribution in [0.15, 0.2) is 48.5 Å². The second kappa shape index (κ2) is 10.3. The number of carbonyl (C=O) groups excluding carboxylic acids is 2. The van der Waals surface area contributed by atoms with Crippen LogP contribution >= 0.6 is 0 Å². The van der Waals surface area contributed by atoms with E-state index >= 15 is 0 Å². The molecule has 0 aliphatic rings. The Balaban J connectivity index is 1.75. The maximum atomic E-state index is 12.8. The quantitative estimate of drug-likeness (QED) is 0.444. The molecule has 0 aliphatic heterocycles. The summed E-state index contributed by atoms with van der Waals surface area (Å²) in [5.74, 6) is -0.682. The fourth-order valence-electron chi connectivity index (χ4n) is 3.15. The second-order valence-corrected chi connectivity index (χ2v) is 6.86. The van der Waals surface area contributed by atoms with Crippen LogP contribution in [0, 0.1) is 6.92 Å². The monoisotopic (exact) mass is 419 g/mol. The van der Waals surface area contributed by atoms with Gasteiger partial charge in [-0.05, 0) is 53.0 Å². The largest absolute Gasteiger partial charge is 0.451 e. The van der Waals surface area contributed by atoms with Crippen molar-refractivity contribution in [2.45, 2.75) is 33.6 Å². The van der Waals surface area contributed by atoms with Gasteiger partial charge in [-0.2, -0.15) is 4.68 Å². The molecule has 0 radical (unpaired) electrons. The van der Waals surface area contributed by atoms with E-state index in [1.54, 1.807) is 13.0 Å². The summed E-state index contributed by atoms with van der Waals surface area (Å²) in [5, 5.41) is 14.2. The summed E-state index contributed by atoms with van der Waals surface area (Å²) < 4.78 is 6.59. The Morgan fingerprint density at radius 3 is 2.29 bits per heavy atom. The molecule has 8 heteroatoms. The van der Waals surface area contributed by atoms with Gasteiger partial charge in [0.1, 0.15) is 0 Å². The van der Waals surface area contributed by atoms with E-state index in [1.807, 2.05) is 62.4 Å². The fraction of sp³-hybridized carbons (Fsp3) is 0.261. The first-order valence-electron chi connectivity index (χ1n) is 10.1. The third-order valence-corrected chi connectivity index (χ3v) is 4.76. The van der Waals surface area contributed by atoms with Gasteiger partial charge in [-0.3, -0.25) is 4.79 Å². The van der Waals surface area contributed by atoms with Gasteiger partial charge in [-0.15, -0.1) is 5.10 Å². The molecule has 3 aromatic rings. The molecule has 0 saturated carbocycles. The standard InChI is InChI=1S/C23H25N5O3/c1-4-18-12-9-13-19(5-2)22(18)24-21(29)15-31-23(30)20(28-16(3)25-26-27-28)14-17-10-7-6-8-11-17/h6-14H,4-5,15H2,1-3H3,(H,24,29)/b20-14-. The first-order valence-corrected chi connectivity index (χ1v) is 10.1. The molecule has 0 spiro atoms. The van der Waals surface area contributed by atoms with E-state index < -0.39 is 18.5 Å². The highest BCUT2D eigenvalue weighted by molar-refractivity contribution is 6.15. The normalized spacial score (nSPS) is 11.3. The Hall–Kier alpha value is -3.81. The van der Waals surface area contributed by atoms with Crippen molar-refractivity contribution in [2.24, 2.45) is 0 Å². The average molecular weight is 419 g/mol. The molecule has 31 heavy (non-hydrogen) atoms. The van der Waals surface area contributed by atoms with Crippen molar-refractivity contribution in [3.05, 3.63) is 71.0 Å². The minimum Gasteiger partial charge on any atom is -0.451 e. The lowest BCUT2D eigenvalue weighted by molar-refractivity contribution is -0.141. The predicted octanol–water partition coefficient (Wildman–Crippen LogP) is 3.29. The molecule has 3 rings (SSSR count). The SMILES string of the molecule is CCc1cccc(CC)c1NC(=O)COC(=O)/C(=C/c1ccccc1)n1nnnc1C. The van der Waals surface area contributed by atoms with Gasteiger partial charge in [-0.25, -0.2) is 4.79 Å². The number of tetrazole rings is 1. The molecule has 0 atom stereocenters. The molecule has 2 aromatic carbocycles. The highest BCUT2D eigenvalue weighted by Gasteiger charge is 2.19. The van der Waals surface area contributed by atoms with E-state index in [-0.39, 0.29) is 5.70 Å². The van der Waals surface area contributed by atoms with E-state index in [2.05, 4.69) is 20.8 Å². The Labute approximate surface area is 180 Å². The molecular formula is C23H25N5O3. The number of esters is 1. The number of para-hydroxylation sites is 1. The van der Waals surface area contributed by atoms with Gasteiger partial charge < -0.3 is 10.1 Å². The van der Waals surface area contributed by atoms with E-state index in [0.29, 0.717) is 5.82 Å². The molecule has 160 valence electrons. The third kappa shape index (κ3) is 5.42. The van der Waals surface area contributed by atoms with E-state index in [9.17, 15) is 9.59 Å². The molecule has 0 saturated heterocycles. The first-order chi connectivity index (χ1) is 15.0. The number of ether oxygens (including phenoxy) is 1. The van der Waals surface area contributed by atoms with Crippen molar-refractivity contribution in [2.75, 3.05) is 11.9 Å². The molecule has 8 nitrogen and oxygen atoms in total. The fourth-order valence-corrected chi connectivity index (χ4v) is 3.15. The Kier molecular flexibility index (Phi) is 7.26. The van der Waals surface area contributed by atoms with Crippen molar-refractivity contribution < 1.29 is 14.3 Å². The maximum absolute atomic E-state index is 12.8. The van der Waals surface area contributed by atoms with Gasteiger partial charge >= 0.3 is 5.97 Å². The van der Waals surface area contributed by atoms with Crippen LogP contribution in [0.2, 0.25) is 0 Å². The smallest absolute Gasteiger partial charge is 0.357 e. The predicted molar refractivity (Wildman–Crippen MR) is 118 cm³/mol. The average Bonchev–Trinajstić information content (AvgIpc) is 3.22. The van der Waals surface area contributed by atoms with E-state index in [4.69, 9.17) is 4.74 Å². The number of rotatable bonds is 8. The number of nitrogens with zero attached hydrogens (tertiary/aromatic N) is 4. The molecule has 0 bridgehead atoms. The first kappa shape index (κ1) is 21.9. The Morgan fingerprint density at radius 2 is 1.71 bits per heavy atom. The third-order valence-electron chi connectivity index (χ3n) is 4.76. The summed E-state index contributed by atoms with van der Waals surface area (Å²) in [4.78, 5) is 25.3.